The van der Waals surface area contributed by atoms with Crippen LogP contribution in [0.15, 0.2) is 47.5 Å². The van der Waals surface area contributed by atoms with E-state index in [1.54, 1.807) is 12.1 Å². The quantitative estimate of drug-likeness (QED) is 0.478. The minimum absolute atomic E-state index is 0.0450. The van der Waals surface area contributed by atoms with Crippen LogP contribution in [0.25, 0.3) is 0 Å². The third kappa shape index (κ3) is 4.02. The summed E-state index contributed by atoms with van der Waals surface area (Å²) >= 11 is 1.20. The van der Waals surface area contributed by atoms with Gasteiger partial charge in [0.25, 0.3) is 0 Å². The summed E-state index contributed by atoms with van der Waals surface area (Å²) in [5, 5.41) is 19.7. The highest BCUT2D eigenvalue weighted by Crippen LogP contribution is 2.38. The number of carbonyl (C=O) groups excluding carboxylic acids is 1. The number of hydrogen-bond donors (Lipinski definition) is 1. The van der Waals surface area contributed by atoms with Gasteiger partial charge < -0.3 is 5.73 Å². The average Bonchev–Trinajstić information content (AvgIpc) is 2.72. The molecule has 0 radical (unpaired) electrons. The van der Waals surface area contributed by atoms with Crippen LogP contribution >= 0.6 is 11.8 Å². The van der Waals surface area contributed by atoms with Crippen LogP contribution in [-0.2, 0) is 0 Å². The predicted molar refractivity (Wildman–Crippen MR) is 105 cm³/mol. The highest BCUT2D eigenvalue weighted by atomic mass is 32.2. The number of nitrogen functional groups attached to an aromatic ring is 1. The summed E-state index contributed by atoms with van der Waals surface area (Å²) in [7, 11) is 0. The molecule has 0 spiro atoms. The second kappa shape index (κ2) is 8.53. The van der Waals surface area contributed by atoms with Crippen molar-refractivity contribution in [2.75, 3.05) is 11.5 Å². The minimum atomic E-state index is -0.0450. The lowest BCUT2D eigenvalue weighted by Gasteiger charge is -2.22. The monoisotopic (exact) mass is 374 g/mol. The number of Topliss-reactive ketones (excluding diaryl/α,β-unsaturated/α-hetero) is 1. The van der Waals surface area contributed by atoms with E-state index in [2.05, 4.69) is 29.3 Å². The van der Waals surface area contributed by atoms with Crippen LogP contribution in [-0.4, -0.2) is 16.5 Å². The lowest BCUT2D eigenvalue weighted by Crippen LogP contribution is -2.12. The molecule has 0 saturated heterocycles. The molecule has 2 aromatic rings. The first kappa shape index (κ1) is 18.7. The molecule has 0 fully saturated rings. The molecular weight excluding hydrogens is 356 g/mol. The van der Waals surface area contributed by atoms with Crippen LogP contribution in [0.2, 0.25) is 0 Å². The Bertz CT molecular complexity index is 970. The largest absolute Gasteiger partial charge is 0.383 e. The molecule has 0 unspecified atom stereocenters. The maximum absolute atomic E-state index is 12.4. The van der Waals surface area contributed by atoms with Gasteiger partial charge in [0.1, 0.15) is 23.0 Å². The zero-order valence-electron chi connectivity index (χ0n) is 14.7. The molecule has 1 aromatic carbocycles. The van der Waals surface area contributed by atoms with Crippen molar-refractivity contribution < 1.29 is 4.79 Å². The van der Waals surface area contributed by atoms with Crippen molar-refractivity contribution in [2.24, 2.45) is 0 Å². The number of rotatable bonds is 5. The van der Waals surface area contributed by atoms with Crippen molar-refractivity contribution in [3.05, 3.63) is 64.7 Å². The van der Waals surface area contributed by atoms with E-state index in [9.17, 15) is 15.3 Å². The van der Waals surface area contributed by atoms with E-state index in [-0.39, 0.29) is 28.8 Å². The number of aromatic nitrogens is 1. The number of anilines is 1. The molecule has 1 heterocycles. The first-order valence-corrected chi connectivity index (χ1v) is 9.63. The van der Waals surface area contributed by atoms with Gasteiger partial charge in [-0.15, -0.1) is 0 Å². The SMILES string of the molecule is N#Cc1c(N)nc(SCC(=O)c2ccccc2)c(C#N)c1[C@H]1CC=CCC1. The molecule has 0 amide bonds. The second-order valence-electron chi connectivity index (χ2n) is 6.25. The summed E-state index contributed by atoms with van der Waals surface area (Å²) in [6.45, 7) is 0. The second-order valence-corrected chi connectivity index (χ2v) is 7.21. The molecule has 134 valence electrons. The number of carbonyl (C=O) groups is 1. The Morgan fingerprint density at radius 1 is 1.19 bits per heavy atom. The Labute approximate surface area is 162 Å². The van der Waals surface area contributed by atoms with E-state index in [1.807, 2.05) is 18.2 Å². The highest BCUT2D eigenvalue weighted by molar-refractivity contribution is 8.00. The van der Waals surface area contributed by atoms with Gasteiger partial charge in [-0.25, -0.2) is 4.98 Å². The fourth-order valence-corrected chi connectivity index (χ4v) is 4.13. The number of benzene rings is 1. The molecule has 5 nitrogen and oxygen atoms in total. The third-order valence-corrected chi connectivity index (χ3v) is 5.54. The number of thioether (sulfide) groups is 1. The maximum Gasteiger partial charge on any atom is 0.173 e. The van der Waals surface area contributed by atoms with Crippen LogP contribution in [0, 0.1) is 22.7 Å². The van der Waals surface area contributed by atoms with E-state index in [4.69, 9.17) is 5.73 Å². The molecular formula is C21H18N4OS. The van der Waals surface area contributed by atoms with Gasteiger partial charge in [-0.1, -0.05) is 54.2 Å². The van der Waals surface area contributed by atoms with E-state index in [0.29, 0.717) is 21.7 Å². The molecule has 1 aliphatic carbocycles. The van der Waals surface area contributed by atoms with E-state index >= 15 is 0 Å². The van der Waals surface area contributed by atoms with Crippen molar-refractivity contribution >= 4 is 23.4 Å². The standard InChI is InChI=1S/C21H18N4OS/c22-11-16-19(15-9-5-2-6-10-15)17(12-23)21(25-20(16)24)27-13-18(26)14-7-3-1-4-8-14/h1-5,7-8,15H,6,9-10,13H2,(H2,24,25)/t15-/m0/s1. The molecule has 3 rings (SSSR count). The van der Waals surface area contributed by atoms with Gasteiger partial charge in [-0.2, -0.15) is 10.5 Å². The molecule has 6 heteroatoms. The summed E-state index contributed by atoms with van der Waals surface area (Å²) in [5.41, 5.74) is 7.96. The van der Waals surface area contributed by atoms with Crippen LogP contribution in [0.3, 0.4) is 0 Å². The Balaban J connectivity index is 1.95. The van der Waals surface area contributed by atoms with Crippen molar-refractivity contribution in [2.45, 2.75) is 30.2 Å². The molecule has 0 saturated carbocycles. The zero-order chi connectivity index (χ0) is 19.2. The van der Waals surface area contributed by atoms with Crippen LogP contribution < -0.4 is 5.73 Å². The Morgan fingerprint density at radius 2 is 1.93 bits per heavy atom. The van der Waals surface area contributed by atoms with Gasteiger partial charge in [0.2, 0.25) is 0 Å². The molecule has 1 atom stereocenters. The first-order valence-electron chi connectivity index (χ1n) is 8.65. The number of hydrogen-bond acceptors (Lipinski definition) is 6. The number of nitriles is 2. The molecule has 27 heavy (non-hydrogen) atoms. The normalized spacial score (nSPS) is 15.7. The van der Waals surface area contributed by atoms with Crippen molar-refractivity contribution in [1.29, 1.82) is 10.5 Å². The topological polar surface area (TPSA) is 104 Å². The van der Waals surface area contributed by atoms with Gasteiger partial charge in [-0.3, -0.25) is 4.79 Å². The molecule has 2 N–H and O–H groups in total. The van der Waals surface area contributed by atoms with Crippen LogP contribution in [0.5, 0.6) is 0 Å². The van der Waals surface area contributed by atoms with Gasteiger partial charge in [0, 0.05) is 5.56 Å². The van der Waals surface area contributed by atoms with E-state index in [0.717, 1.165) is 19.3 Å². The summed E-state index contributed by atoms with van der Waals surface area (Å²) < 4.78 is 0. The van der Waals surface area contributed by atoms with Crippen molar-refractivity contribution in [1.82, 2.24) is 4.98 Å². The maximum atomic E-state index is 12.4. The Hall–Kier alpha value is -3.09. The summed E-state index contributed by atoms with van der Waals surface area (Å²) in [5.74, 6) is 0.293. The fraction of sp³-hybridized carbons (Fsp3) is 0.238. The van der Waals surface area contributed by atoms with Gasteiger partial charge in [0.15, 0.2) is 5.78 Å². The minimum Gasteiger partial charge on any atom is -0.383 e. The summed E-state index contributed by atoms with van der Waals surface area (Å²) in [6, 6.07) is 13.3. The number of nitrogens with zero attached hydrogens (tertiary/aromatic N) is 3. The van der Waals surface area contributed by atoms with Crippen LogP contribution in [0.1, 0.15) is 52.2 Å². The molecule has 0 bridgehead atoms. The first-order chi connectivity index (χ1) is 13.2. The van der Waals surface area contributed by atoms with Crippen molar-refractivity contribution in [3.8, 4) is 12.1 Å². The molecule has 1 aliphatic rings. The van der Waals surface area contributed by atoms with Gasteiger partial charge >= 0.3 is 0 Å². The zero-order valence-corrected chi connectivity index (χ0v) is 15.5. The third-order valence-electron chi connectivity index (χ3n) is 4.57. The lowest BCUT2D eigenvalue weighted by atomic mass is 9.83. The van der Waals surface area contributed by atoms with E-state index in [1.165, 1.54) is 11.8 Å². The van der Waals surface area contributed by atoms with Crippen molar-refractivity contribution in [3.63, 3.8) is 0 Å². The van der Waals surface area contributed by atoms with E-state index < -0.39 is 0 Å². The Morgan fingerprint density at radius 3 is 2.56 bits per heavy atom. The van der Waals surface area contributed by atoms with Crippen LogP contribution in [0.4, 0.5) is 5.82 Å². The molecule has 0 aliphatic heterocycles. The highest BCUT2D eigenvalue weighted by Gasteiger charge is 2.26. The number of allylic oxidation sites excluding steroid dienone is 2. The predicted octanol–water partition coefficient (Wildman–Crippen LogP) is 4.21. The number of ketones is 1. The smallest absolute Gasteiger partial charge is 0.173 e. The number of pyridine rings is 1. The lowest BCUT2D eigenvalue weighted by molar-refractivity contribution is 0.102. The van der Waals surface area contributed by atoms with Gasteiger partial charge in [-0.05, 0) is 30.7 Å². The fourth-order valence-electron chi connectivity index (χ4n) is 3.23. The molecule has 1 aromatic heterocycles. The average molecular weight is 374 g/mol. The summed E-state index contributed by atoms with van der Waals surface area (Å²) in [6.07, 6.45) is 6.69. The van der Waals surface area contributed by atoms with Gasteiger partial charge in [0.05, 0.1) is 16.9 Å². The summed E-state index contributed by atoms with van der Waals surface area (Å²) in [4.78, 5) is 16.6. The Kier molecular flexibility index (Phi) is 5.90. The number of nitrogens with two attached hydrogens (primary N) is 1.